The topological polar surface area (TPSA) is 3.24 Å². The number of hydrogen-bond donors (Lipinski definition) is 0. The van der Waals surface area contributed by atoms with Gasteiger partial charge in [-0.25, -0.2) is 4.39 Å². The van der Waals surface area contributed by atoms with Crippen LogP contribution in [0.4, 0.5) is 10.1 Å². The van der Waals surface area contributed by atoms with Crippen molar-refractivity contribution in [1.82, 2.24) is 0 Å². The molecule has 1 fully saturated rings. The molecule has 82 valence electrons. The molecule has 1 aliphatic rings. The van der Waals surface area contributed by atoms with Gasteiger partial charge >= 0.3 is 0 Å². The first-order valence-corrected chi connectivity index (χ1v) is 5.78. The van der Waals surface area contributed by atoms with Crippen molar-refractivity contribution in [3.05, 3.63) is 29.0 Å². The third kappa shape index (κ3) is 2.25. The molecule has 1 heterocycles. The first kappa shape index (κ1) is 10.7. The Morgan fingerprint density at radius 2 is 2.20 bits per heavy atom. The van der Waals surface area contributed by atoms with Gasteiger partial charge in [0.2, 0.25) is 0 Å². The van der Waals surface area contributed by atoms with Crippen molar-refractivity contribution in [1.29, 1.82) is 0 Å². The summed E-state index contributed by atoms with van der Waals surface area (Å²) in [6.07, 6.45) is 3.65. The summed E-state index contributed by atoms with van der Waals surface area (Å²) < 4.78 is 13.3. The lowest BCUT2D eigenvalue weighted by Gasteiger charge is -2.35. The van der Waals surface area contributed by atoms with E-state index in [9.17, 15) is 4.39 Å². The molecule has 0 N–H and O–H groups in total. The van der Waals surface area contributed by atoms with Crippen molar-refractivity contribution in [2.75, 3.05) is 11.4 Å². The highest BCUT2D eigenvalue weighted by Gasteiger charge is 2.19. The second-order valence-electron chi connectivity index (χ2n) is 4.14. The third-order valence-electron chi connectivity index (χ3n) is 3.04. The summed E-state index contributed by atoms with van der Waals surface area (Å²) in [7, 11) is 0. The number of benzene rings is 1. The van der Waals surface area contributed by atoms with Crippen LogP contribution in [0.25, 0.3) is 0 Å². The van der Waals surface area contributed by atoms with Gasteiger partial charge in [-0.05, 0) is 44.4 Å². The molecule has 0 radical (unpaired) electrons. The molecule has 1 aromatic rings. The maximum atomic E-state index is 13.3. The summed E-state index contributed by atoms with van der Waals surface area (Å²) in [5, 5.41) is 0.198. The Bertz CT molecular complexity index is 353. The molecule has 1 unspecified atom stereocenters. The van der Waals surface area contributed by atoms with Crippen molar-refractivity contribution in [2.45, 2.75) is 32.2 Å². The average Bonchev–Trinajstić information content (AvgIpc) is 2.23. The van der Waals surface area contributed by atoms with E-state index in [1.165, 1.54) is 25.3 Å². The highest BCUT2D eigenvalue weighted by Crippen LogP contribution is 2.27. The van der Waals surface area contributed by atoms with Gasteiger partial charge in [0, 0.05) is 18.3 Å². The van der Waals surface area contributed by atoms with Gasteiger partial charge in [0.1, 0.15) is 5.82 Å². The molecule has 0 amide bonds. The fourth-order valence-corrected chi connectivity index (χ4v) is 2.26. The summed E-state index contributed by atoms with van der Waals surface area (Å²) in [5.74, 6) is -0.327. The van der Waals surface area contributed by atoms with Crippen molar-refractivity contribution in [3.63, 3.8) is 0 Å². The van der Waals surface area contributed by atoms with Crippen LogP contribution in [0, 0.1) is 5.82 Å². The summed E-state index contributed by atoms with van der Waals surface area (Å²) in [5.41, 5.74) is 0.948. The Morgan fingerprint density at radius 1 is 1.40 bits per heavy atom. The average molecular weight is 228 g/mol. The Balaban J connectivity index is 2.24. The SMILES string of the molecule is CC1CCCCN1c1ccc(Cl)c(F)c1. The van der Waals surface area contributed by atoms with E-state index in [1.807, 2.05) is 6.07 Å². The molecule has 1 saturated heterocycles. The minimum Gasteiger partial charge on any atom is -0.369 e. The van der Waals surface area contributed by atoms with Crippen molar-refractivity contribution in [2.24, 2.45) is 0 Å². The molecule has 3 heteroatoms. The van der Waals surface area contributed by atoms with E-state index >= 15 is 0 Å². The van der Waals surface area contributed by atoms with Crippen LogP contribution in [0.15, 0.2) is 18.2 Å². The Hall–Kier alpha value is -0.760. The molecule has 15 heavy (non-hydrogen) atoms. The van der Waals surface area contributed by atoms with Crippen LogP contribution in [0.5, 0.6) is 0 Å². The van der Waals surface area contributed by atoms with Crippen molar-refractivity contribution < 1.29 is 4.39 Å². The first-order valence-electron chi connectivity index (χ1n) is 5.40. The largest absolute Gasteiger partial charge is 0.369 e. The van der Waals surface area contributed by atoms with Gasteiger partial charge in [-0.3, -0.25) is 0 Å². The van der Waals surface area contributed by atoms with E-state index in [1.54, 1.807) is 6.07 Å². The predicted molar refractivity (Wildman–Crippen MR) is 62.1 cm³/mol. The fraction of sp³-hybridized carbons (Fsp3) is 0.500. The van der Waals surface area contributed by atoms with Crippen LogP contribution in [-0.2, 0) is 0 Å². The van der Waals surface area contributed by atoms with E-state index in [0.29, 0.717) is 6.04 Å². The molecule has 0 aliphatic carbocycles. The molecule has 1 aliphatic heterocycles. The molecule has 0 spiro atoms. The molecule has 0 aromatic heterocycles. The summed E-state index contributed by atoms with van der Waals surface area (Å²) in [4.78, 5) is 2.25. The van der Waals surface area contributed by atoms with E-state index in [-0.39, 0.29) is 10.8 Å². The molecule has 0 bridgehead atoms. The second kappa shape index (κ2) is 4.40. The summed E-state index contributed by atoms with van der Waals surface area (Å²) in [6.45, 7) is 3.20. The zero-order valence-electron chi connectivity index (χ0n) is 8.84. The Labute approximate surface area is 94.8 Å². The van der Waals surface area contributed by atoms with E-state index < -0.39 is 0 Å². The second-order valence-corrected chi connectivity index (χ2v) is 4.54. The zero-order chi connectivity index (χ0) is 10.8. The van der Waals surface area contributed by atoms with Crippen LogP contribution in [-0.4, -0.2) is 12.6 Å². The Kier molecular flexibility index (Phi) is 3.15. The highest BCUT2D eigenvalue weighted by molar-refractivity contribution is 6.30. The first-order chi connectivity index (χ1) is 7.18. The van der Waals surface area contributed by atoms with Crippen LogP contribution < -0.4 is 4.90 Å². The van der Waals surface area contributed by atoms with Crippen molar-refractivity contribution >= 4 is 17.3 Å². The predicted octanol–water partition coefficient (Wildman–Crippen LogP) is 3.86. The highest BCUT2D eigenvalue weighted by atomic mass is 35.5. The van der Waals surface area contributed by atoms with Crippen LogP contribution >= 0.6 is 11.6 Å². The number of anilines is 1. The maximum Gasteiger partial charge on any atom is 0.143 e. The van der Waals surface area contributed by atoms with Crippen molar-refractivity contribution in [3.8, 4) is 0 Å². The molecule has 0 saturated carbocycles. The van der Waals surface area contributed by atoms with E-state index in [2.05, 4.69) is 11.8 Å². The third-order valence-corrected chi connectivity index (χ3v) is 3.34. The van der Waals surface area contributed by atoms with Gasteiger partial charge in [-0.1, -0.05) is 11.6 Å². The lowest BCUT2D eigenvalue weighted by atomic mass is 10.0. The molecular weight excluding hydrogens is 213 g/mol. The molecule has 1 atom stereocenters. The fourth-order valence-electron chi connectivity index (χ4n) is 2.15. The molecular formula is C12H15ClFN. The monoisotopic (exact) mass is 227 g/mol. The van der Waals surface area contributed by atoms with Gasteiger partial charge in [0.25, 0.3) is 0 Å². The van der Waals surface area contributed by atoms with Gasteiger partial charge in [0.15, 0.2) is 0 Å². The number of piperidine rings is 1. The maximum absolute atomic E-state index is 13.3. The van der Waals surface area contributed by atoms with Crippen LogP contribution in [0.1, 0.15) is 26.2 Å². The van der Waals surface area contributed by atoms with Gasteiger partial charge in [-0.2, -0.15) is 0 Å². The standard InChI is InChI=1S/C12H15ClFN/c1-9-4-2-3-7-15(9)10-5-6-11(13)12(14)8-10/h5-6,8-9H,2-4,7H2,1H3. The molecule has 1 aromatic carbocycles. The van der Waals surface area contributed by atoms with Crippen LogP contribution in [0.2, 0.25) is 5.02 Å². The van der Waals surface area contributed by atoms with Gasteiger partial charge in [-0.15, -0.1) is 0 Å². The lowest BCUT2D eigenvalue weighted by Crippen LogP contribution is -2.37. The number of hydrogen-bond acceptors (Lipinski definition) is 1. The number of halogens is 2. The molecule has 2 rings (SSSR count). The van der Waals surface area contributed by atoms with Crippen LogP contribution in [0.3, 0.4) is 0 Å². The number of rotatable bonds is 1. The Morgan fingerprint density at radius 3 is 2.87 bits per heavy atom. The van der Waals surface area contributed by atoms with E-state index in [4.69, 9.17) is 11.6 Å². The molecule has 1 nitrogen and oxygen atoms in total. The number of nitrogens with zero attached hydrogens (tertiary/aromatic N) is 1. The lowest BCUT2D eigenvalue weighted by molar-refractivity contribution is 0.484. The van der Waals surface area contributed by atoms with Gasteiger partial charge < -0.3 is 4.90 Å². The summed E-state index contributed by atoms with van der Waals surface area (Å²) in [6, 6.07) is 5.56. The van der Waals surface area contributed by atoms with E-state index in [0.717, 1.165) is 12.2 Å². The normalized spacial score (nSPS) is 21.8. The minimum absolute atomic E-state index is 0.198. The quantitative estimate of drug-likeness (QED) is 0.704. The minimum atomic E-state index is -0.327. The smallest absolute Gasteiger partial charge is 0.143 e. The van der Waals surface area contributed by atoms with Gasteiger partial charge in [0.05, 0.1) is 5.02 Å². The zero-order valence-corrected chi connectivity index (χ0v) is 9.60. The summed E-state index contributed by atoms with van der Waals surface area (Å²) >= 11 is 5.66.